The highest BCUT2D eigenvalue weighted by molar-refractivity contribution is 5.31. The second-order valence-electron chi connectivity index (χ2n) is 6.03. The maximum atomic E-state index is 5.11. The summed E-state index contributed by atoms with van der Waals surface area (Å²) >= 11 is 0. The van der Waals surface area contributed by atoms with Gasteiger partial charge in [-0.2, -0.15) is 0 Å². The molecule has 0 spiro atoms. The van der Waals surface area contributed by atoms with Gasteiger partial charge in [-0.25, -0.2) is 15.0 Å². The molecule has 6 heteroatoms. The molecule has 3 heterocycles. The molecule has 122 valence electrons. The normalized spacial score (nSPS) is 18.9. The third-order valence-corrected chi connectivity index (χ3v) is 4.21. The summed E-state index contributed by atoms with van der Waals surface area (Å²) in [5.41, 5.74) is 2.30. The van der Waals surface area contributed by atoms with Crippen LogP contribution in [0.3, 0.4) is 0 Å². The molecule has 1 atom stereocenters. The van der Waals surface area contributed by atoms with Crippen LogP contribution in [0.25, 0.3) is 0 Å². The number of aryl methyl sites for hydroxylation is 1. The number of nitrogens with zero attached hydrogens (tertiary/aromatic N) is 5. The number of rotatable bonds is 4. The molecule has 6 nitrogen and oxygen atoms in total. The van der Waals surface area contributed by atoms with E-state index in [2.05, 4.69) is 37.7 Å². The fourth-order valence-electron chi connectivity index (χ4n) is 2.82. The maximum absolute atomic E-state index is 5.11. The molecule has 0 amide bonds. The van der Waals surface area contributed by atoms with E-state index in [1.54, 1.807) is 7.11 Å². The Morgan fingerprint density at radius 2 is 1.91 bits per heavy atom. The first kappa shape index (κ1) is 15.7. The molecule has 1 fully saturated rings. The van der Waals surface area contributed by atoms with Crippen LogP contribution in [0.15, 0.2) is 30.7 Å². The van der Waals surface area contributed by atoms with E-state index in [4.69, 9.17) is 4.74 Å². The van der Waals surface area contributed by atoms with E-state index in [0.717, 1.165) is 37.7 Å². The Hall–Kier alpha value is -2.21. The van der Waals surface area contributed by atoms with Gasteiger partial charge in [0.05, 0.1) is 7.11 Å². The SMILES string of the molecule is COc1ccc(CN2CCN(c3ncc(C)cn3)CC2C)cn1. The van der Waals surface area contributed by atoms with E-state index in [0.29, 0.717) is 11.9 Å². The van der Waals surface area contributed by atoms with Crippen molar-refractivity contribution in [3.63, 3.8) is 0 Å². The number of hydrogen-bond acceptors (Lipinski definition) is 6. The summed E-state index contributed by atoms with van der Waals surface area (Å²) < 4.78 is 5.11. The quantitative estimate of drug-likeness (QED) is 0.859. The summed E-state index contributed by atoms with van der Waals surface area (Å²) in [4.78, 5) is 17.9. The highest BCUT2D eigenvalue weighted by atomic mass is 16.5. The van der Waals surface area contributed by atoms with Crippen molar-refractivity contribution in [1.82, 2.24) is 19.9 Å². The molecule has 0 radical (unpaired) electrons. The lowest BCUT2D eigenvalue weighted by molar-refractivity contribution is 0.180. The van der Waals surface area contributed by atoms with E-state index in [1.807, 2.05) is 31.6 Å². The minimum absolute atomic E-state index is 0.441. The lowest BCUT2D eigenvalue weighted by Crippen LogP contribution is -2.51. The molecule has 1 saturated heterocycles. The van der Waals surface area contributed by atoms with Gasteiger partial charge in [-0.3, -0.25) is 4.90 Å². The van der Waals surface area contributed by atoms with Crippen molar-refractivity contribution >= 4 is 5.95 Å². The number of pyridine rings is 1. The molecule has 0 aromatic carbocycles. The zero-order chi connectivity index (χ0) is 16.2. The van der Waals surface area contributed by atoms with Crippen LogP contribution >= 0.6 is 0 Å². The molecule has 1 unspecified atom stereocenters. The molecular weight excluding hydrogens is 290 g/mol. The van der Waals surface area contributed by atoms with Gasteiger partial charge in [0.1, 0.15) is 0 Å². The van der Waals surface area contributed by atoms with Gasteiger partial charge in [-0.15, -0.1) is 0 Å². The molecular formula is C17H23N5O. The van der Waals surface area contributed by atoms with E-state index in [1.165, 1.54) is 5.56 Å². The Bertz CT molecular complexity index is 628. The zero-order valence-corrected chi connectivity index (χ0v) is 13.9. The van der Waals surface area contributed by atoms with Gasteiger partial charge in [0.25, 0.3) is 0 Å². The van der Waals surface area contributed by atoms with Gasteiger partial charge < -0.3 is 9.64 Å². The van der Waals surface area contributed by atoms with Crippen LogP contribution < -0.4 is 9.64 Å². The first-order valence-electron chi connectivity index (χ1n) is 7.92. The summed E-state index contributed by atoms with van der Waals surface area (Å²) in [7, 11) is 1.64. The predicted molar refractivity (Wildman–Crippen MR) is 89.6 cm³/mol. The van der Waals surface area contributed by atoms with Crippen LogP contribution in [-0.2, 0) is 6.54 Å². The smallest absolute Gasteiger partial charge is 0.225 e. The number of ether oxygens (including phenoxy) is 1. The second-order valence-corrected chi connectivity index (χ2v) is 6.03. The highest BCUT2D eigenvalue weighted by Gasteiger charge is 2.25. The van der Waals surface area contributed by atoms with Gasteiger partial charge in [0.2, 0.25) is 11.8 Å². The Kier molecular flexibility index (Phi) is 4.71. The standard InChI is InChI=1S/C17H23N5O/c1-13-8-19-17(20-9-13)22-7-6-21(14(2)11-22)12-15-4-5-16(23-3)18-10-15/h4-5,8-10,14H,6-7,11-12H2,1-3H3. The number of methoxy groups -OCH3 is 1. The average Bonchev–Trinajstić information content (AvgIpc) is 2.58. The lowest BCUT2D eigenvalue weighted by atomic mass is 10.1. The summed E-state index contributed by atoms with van der Waals surface area (Å²) in [6, 6.07) is 4.43. The Morgan fingerprint density at radius 1 is 1.13 bits per heavy atom. The first-order chi connectivity index (χ1) is 11.2. The molecule has 1 aliphatic rings. The van der Waals surface area contributed by atoms with Crippen molar-refractivity contribution in [3.05, 3.63) is 41.9 Å². The third kappa shape index (κ3) is 3.76. The molecule has 0 bridgehead atoms. The summed E-state index contributed by atoms with van der Waals surface area (Å²) in [5, 5.41) is 0. The topological polar surface area (TPSA) is 54.4 Å². The Morgan fingerprint density at radius 3 is 2.52 bits per heavy atom. The molecule has 0 N–H and O–H groups in total. The summed E-state index contributed by atoms with van der Waals surface area (Å²) in [5.74, 6) is 1.48. The van der Waals surface area contributed by atoms with Gasteiger partial charge >= 0.3 is 0 Å². The fourth-order valence-corrected chi connectivity index (χ4v) is 2.82. The first-order valence-corrected chi connectivity index (χ1v) is 7.92. The zero-order valence-electron chi connectivity index (χ0n) is 13.9. The monoisotopic (exact) mass is 313 g/mol. The van der Waals surface area contributed by atoms with Gasteiger partial charge in [0.15, 0.2) is 0 Å². The minimum atomic E-state index is 0.441. The average molecular weight is 313 g/mol. The molecule has 0 aliphatic carbocycles. The van der Waals surface area contributed by atoms with Crippen LogP contribution in [0.4, 0.5) is 5.95 Å². The van der Waals surface area contributed by atoms with Crippen molar-refractivity contribution in [3.8, 4) is 5.88 Å². The van der Waals surface area contributed by atoms with Crippen molar-refractivity contribution in [1.29, 1.82) is 0 Å². The van der Waals surface area contributed by atoms with E-state index >= 15 is 0 Å². The van der Waals surface area contributed by atoms with Crippen LogP contribution in [0.1, 0.15) is 18.1 Å². The fraction of sp³-hybridized carbons (Fsp3) is 0.471. The molecule has 2 aromatic heterocycles. The van der Waals surface area contributed by atoms with Crippen molar-refractivity contribution in [2.24, 2.45) is 0 Å². The van der Waals surface area contributed by atoms with Gasteiger partial charge in [-0.05, 0) is 25.0 Å². The minimum Gasteiger partial charge on any atom is -0.481 e. The number of anilines is 1. The van der Waals surface area contributed by atoms with Crippen LogP contribution in [-0.4, -0.2) is 52.6 Å². The molecule has 0 saturated carbocycles. The summed E-state index contributed by atoms with van der Waals surface area (Å²) in [6.07, 6.45) is 5.64. The summed E-state index contributed by atoms with van der Waals surface area (Å²) in [6.45, 7) is 8.03. The van der Waals surface area contributed by atoms with Gasteiger partial charge in [0, 0.05) is 56.9 Å². The molecule has 23 heavy (non-hydrogen) atoms. The van der Waals surface area contributed by atoms with Crippen molar-refractivity contribution in [2.75, 3.05) is 31.6 Å². The van der Waals surface area contributed by atoms with Crippen LogP contribution in [0.2, 0.25) is 0 Å². The van der Waals surface area contributed by atoms with Crippen molar-refractivity contribution in [2.45, 2.75) is 26.4 Å². The number of piperazine rings is 1. The Balaban J connectivity index is 1.60. The predicted octanol–water partition coefficient (Wildman–Crippen LogP) is 1.90. The van der Waals surface area contributed by atoms with E-state index in [-0.39, 0.29) is 0 Å². The third-order valence-electron chi connectivity index (χ3n) is 4.21. The largest absolute Gasteiger partial charge is 0.481 e. The molecule has 3 rings (SSSR count). The van der Waals surface area contributed by atoms with Crippen LogP contribution in [0, 0.1) is 6.92 Å². The van der Waals surface area contributed by atoms with E-state index in [9.17, 15) is 0 Å². The highest BCUT2D eigenvalue weighted by Crippen LogP contribution is 2.18. The molecule has 1 aliphatic heterocycles. The molecule has 2 aromatic rings. The lowest BCUT2D eigenvalue weighted by Gasteiger charge is -2.39. The Labute approximate surface area is 137 Å². The van der Waals surface area contributed by atoms with E-state index < -0.39 is 0 Å². The maximum Gasteiger partial charge on any atom is 0.225 e. The number of aromatic nitrogens is 3. The van der Waals surface area contributed by atoms with Crippen molar-refractivity contribution < 1.29 is 4.74 Å². The number of hydrogen-bond donors (Lipinski definition) is 0. The second kappa shape index (κ2) is 6.91. The van der Waals surface area contributed by atoms with Crippen LogP contribution in [0.5, 0.6) is 5.88 Å². The van der Waals surface area contributed by atoms with Gasteiger partial charge in [-0.1, -0.05) is 6.07 Å².